The number of pyridine rings is 1. The fraction of sp³-hybridized carbons (Fsp3) is 0.229. The number of carbonyl (C=O) groups excluding carboxylic acids is 1. The third kappa shape index (κ3) is 8.33. The number of ether oxygens (including phenoxy) is 1. The average molecular weight is 757 g/mol. The first-order chi connectivity index (χ1) is 27.7. The van der Waals surface area contributed by atoms with Gasteiger partial charge in [-0.2, -0.15) is 0 Å². The Kier molecular flexibility index (Phi) is 11.6. The summed E-state index contributed by atoms with van der Waals surface area (Å²) in [5.74, 6) is 0.621. The molecule has 7 rings (SSSR count). The minimum atomic E-state index is -0.890. The van der Waals surface area contributed by atoms with Crippen LogP contribution in [0.25, 0.3) is 22.5 Å². The van der Waals surface area contributed by atoms with Crippen LogP contribution in [-0.2, 0) is 29.8 Å². The normalized spacial score (nSPS) is 11.6. The number of rotatable bonds is 13. The van der Waals surface area contributed by atoms with E-state index in [4.69, 9.17) is 15.0 Å². The van der Waals surface area contributed by atoms with Gasteiger partial charge in [0.1, 0.15) is 11.1 Å². The molecule has 0 fully saturated rings. The number of tetrazole rings is 1. The van der Waals surface area contributed by atoms with E-state index in [0.717, 1.165) is 63.9 Å². The van der Waals surface area contributed by atoms with E-state index in [1.165, 1.54) is 0 Å². The first-order valence-corrected chi connectivity index (χ1v) is 19.5. The van der Waals surface area contributed by atoms with E-state index < -0.39 is 17.2 Å². The van der Waals surface area contributed by atoms with Crippen LogP contribution in [0.1, 0.15) is 74.0 Å². The van der Waals surface area contributed by atoms with E-state index in [2.05, 4.69) is 90.3 Å². The molecule has 0 aliphatic heterocycles. The van der Waals surface area contributed by atoms with E-state index in [1.54, 1.807) is 0 Å². The molecule has 0 unspecified atom stereocenters. The van der Waals surface area contributed by atoms with Crippen molar-refractivity contribution in [1.29, 1.82) is 0 Å². The lowest BCUT2D eigenvalue weighted by atomic mass is 9.77. The summed E-state index contributed by atoms with van der Waals surface area (Å²) in [5.41, 5.74) is 6.71. The number of unbranched alkanes of at least 4 members (excludes halogenated alkanes) is 1. The Labute approximate surface area is 334 Å². The molecule has 0 aliphatic rings. The van der Waals surface area contributed by atoms with Crippen LogP contribution in [-0.4, -0.2) is 36.5 Å². The number of benzene rings is 5. The summed E-state index contributed by atoms with van der Waals surface area (Å²) in [6.45, 7) is 8.04. The van der Waals surface area contributed by atoms with Gasteiger partial charge in [-0.1, -0.05) is 153 Å². The highest BCUT2D eigenvalue weighted by Gasteiger charge is 2.42. The van der Waals surface area contributed by atoms with Gasteiger partial charge in [-0.25, -0.2) is 9.48 Å². The topological polar surface area (TPSA) is 104 Å². The third-order valence-corrected chi connectivity index (χ3v) is 10.1. The van der Waals surface area contributed by atoms with Gasteiger partial charge in [0.2, 0.25) is 0 Å². The molecule has 2 aromatic heterocycles. The monoisotopic (exact) mass is 756 g/mol. The predicted octanol–water partition coefficient (Wildman–Crippen LogP) is 9.42. The van der Waals surface area contributed by atoms with Crippen molar-refractivity contribution in [2.75, 3.05) is 0 Å². The molecule has 0 bridgehead atoms. The largest absolute Gasteiger partial charge is 0.444 e. The molecular weight excluding hydrogens is 709 g/mol. The quantitative estimate of drug-likeness (QED) is 0.118. The van der Waals surface area contributed by atoms with Crippen LogP contribution in [0.5, 0.6) is 0 Å². The van der Waals surface area contributed by atoms with Crippen molar-refractivity contribution in [2.24, 2.45) is 0 Å². The second-order valence-electron chi connectivity index (χ2n) is 15.2. The molecule has 57 heavy (non-hydrogen) atoms. The molecule has 1 amide bonds. The number of amides is 1. The maximum atomic E-state index is 13.9. The lowest BCUT2D eigenvalue weighted by molar-refractivity contribution is 0.0523. The summed E-state index contributed by atoms with van der Waals surface area (Å²) < 4.78 is 9.18. The van der Waals surface area contributed by atoms with E-state index >= 15 is 0 Å². The Morgan fingerprint density at radius 1 is 0.702 bits per heavy atom. The van der Waals surface area contributed by atoms with Crippen LogP contribution in [0.4, 0.5) is 4.79 Å². The summed E-state index contributed by atoms with van der Waals surface area (Å²) in [4.78, 5) is 26.3. The summed E-state index contributed by atoms with van der Waals surface area (Å²) in [5, 5.41) is 16.5. The van der Waals surface area contributed by atoms with Gasteiger partial charge in [-0.15, -0.1) is 5.10 Å². The molecule has 7 aromatic rings. The van der Waals surface area contributed by atoms with Crippen molar-refractivity contribution >= 4 is 6.09 Å². The molecule has 0 spiro atoms. The van der Waals surface area contributed by atoms with E-state index in [-0.39, 0.29) is 12.1 Å². The van der Waals surface area contributed by atoms with Gasteiger partial charge in [-0.05, 0) is 89.6 Å². The highest BCUT2D eigenvalue weighted by molar-refractivity contribution is 5.81. The van der Waals surface area contributed by atoms with Crippen LogP contribution in [0.15, 0.2) is 156 Å². The second-order valence-corrected chi connectivity index (χ2v) is 15.2. The van der Waals surface area contributed by atoms with Gasteiger partial charge in [0.25, 0.3) is 5.56 Å². The summed E-state index contributed by atoms with van der Waals surface area (Å²) in [6, 6.07) is 51.4. The minimum Gasteiger partial charge on any atom is -0.444 e. The number of nitrogens with one attached hydrogen (secondary N) is 1. The van der Waals surface area contributed by atoms with E-state index in [9.17, 15) is 9.59 Å². The van der Waals surface area contributed by atoms with Gasteiger partial charge in [-0.3, -0.25) is 4.79 Å². The van der Waals surface area contributed by atoms with Crippen molar-refractivity contribution in [2.45, 2.75) is 71.2 Å². The van der Waals surface area contributed by atoms with Gasteiger partial charge in [0.15, 0.2) is 5.82 Å². The summed E-state index contributed by atoms with van der Waals surface area (Å²) >= 11 is 0. The van der Waals surface area contributed by atoms with Gasteiger partial charge in [0.05, 0.1) is 13.1 Å². The summed E-state index contributed by atoms with van der Waals surface area (Å²) in [6.07, 6.45) is 2.20. The molecule has 5 aromatic carbocycles. The Morgan fingerprint density at radius 3 is 1.82 bits per heavy atom. The Hall–Kier alpha value is -6.61. The van der Waals surface area contributed by atoms with Gasteiger partial charge in [0, 0.05) is 16.8 Å². The second kappa shape index (κ2) is 17.0. The molecule has 9 nitrogen and oxygen atoms in total. The first kappa shape index (κ1) is 38.7. The maximum absolute atomic E-state index is 13.9. The third-order valence-electron chi connectivity index (χ3n) is 10.1. The number of nitrogens with zero attached hydrogens (tertiary/aromatic N) is 5. The fourth-order valence-electron chi connectivity index (χ4n) is 7.42. The zero-order valence-corrected chi connectivity index (χ0v) is 32.9. The minimum absolute atomic E-state index is 0.0805. The average Bonchev–Trinajstić information content (AvgIpc) is 3.72. The van der Waals surface area contributed by atoms with Crippen LogP contribution in [0, 0.1) is 0 Å². The zero-order valence-electron chi connectivity index (χ0n) is 32.9. The molecule has 9 heteroatoms. The molecule has 0 saturated carbocycles. The maximum Gasteiger partial charge on any atom is 0.407 e. The molecule has 1 N–H and O–H groups in total. The Balaban J connectivity index is 1.26. The van der Waals surface area contributed by atoms with Crippen LogP contribution >= 0.6 is 0 Å². The highest BCUT2D eigenvalue weighted by Crippen LogP contribution is 2.43. The van der Waals surface area contributed by atoms with Crippen LogP contribution in [0.2, 0.25) is 0 Å². The van der Waals surface area contributed by atoms with Crippen molar-refractivity contribution in [3.8, 4) is 22.5 Å². The summed E-state index contributed by atoms with van der Waals surface area (Å²) in [7, 11) is 0. The number of hydrogen-bond acceptors (Lipinski definition) is 6. The van der Waals surface area contributed by atoms with E-state index in [0.29, 0.717) is 17.9 Å². The molecule has 2 heterocycles. The number of alkyl carbamates (subject to hydrolysis) is 1. The van der Waals surface area contributed by atoms with Gasteiger partial charge < -0.3 is 14.6 Å². The van der Waals surface area contributed by atoms with E-state index in [1.807, 2.05) is 109 Å². The first-order valence-electron chi connectivity index (χ1n) is 19.5. The van der Waals surface area contributed by atoms with Crippen LogP contribution in [0.3, 0.4) is 0 Å². The van der Waals surface area contributed by atoms with Crippen molar-refractivity contribution in [3.63, 3.8) is 0 Å². The molecule has 0 saturated heterocycles. The highest BCUT2D eigenvalue weighted by atomic mass is 16.6. The molecule has 288 valence electrons. The number of hydrogen-bond donors (Lipinski definition) is 1. The smallest absolute Gasteiger partial charge is 0.407 e. The number of aromatic nitrogens is 5. The molecule has 0 radical (unpaired) electrons. The fourth-order valence-corrected chi connectivity index (χ4v) is 7.42. The standard InChI is InChI=1S/C48H48N6O3/c1-5-6-24-41-32-31-37(33-49-46(56)57-47(2,3)4)45(55)53(41)34-35-27-29-36(30-28-35)42-25-16-17-26-43(42)44-50-51-52-54(44)48(38-18-10-7-11-19-38,39-20-12-8-13-21-39)40-22-14-9-15-23-40/h7-23,25-32H,5-6,24,33-34H2,1-4H3,(H,49,56). The van der Waals surface area contributed by atoms with Gasteiger partial charge >= 0.3 is 6.09 Å². The van der Waals surface area contributed by atoms with Crippen molar-refractivity contribution in [1.82, 2.24) is 30.1 Å². The SMILES string of the molecule is CCCCc1ccc(CNC(=O)OC(C)(C)C)c(=O)n1Cc1ccc(-c2ccccc2-c2nnnn2C(c2ccccc2)(c2ccccc2)c2ccccc2)cc1. The molecule has 0 atom stereocenters. The molecule has 0 aliphatic carbocycles. The van der Waals surface area contributed by atoms with Crippen LogP contribution < -0.4 is 10.9 Å². The Morgan fingerprint density at radius 2 is 1.26 bits per heavy atom. The predicted molar refractivity (Wildman–Crippen MR) is 225 cm³/mol. The van der Waals surface area contributed by atoms with Crippen molar-refractivity contribution in [3.05, 3.63) is 196 Å². The number of aryl methyl sites for hydroxylation is 1. The zero-order chi connectivity index (χ0) is 39.8. The lowest BCUT2D eigenvalue weighted by Crippen LogP contribution is -2.39. The molecular formula is C48H48N6O3. The lowest BCUT2D eigenvalue weighted by Gasteiger charge is -2.36. The Bertz CT molecular complexity index is 2370. The van der Waals surface area contributed by atoms with Crippen molar-refractivity contribution < 1.29 is 9.53 Å². The number of carbonyl (C=O) groups is 1.